The van der Waals surface area contributed by atoms with Gasteiger partial charge in [0.2, 0.25) is 0 Å². The van der Waals surface area contributed by atoms with E-state index in [-0.39, 0.29) is 24.0 Å². The van der Waals surface area contributed by atoms with Gasteiger partial charge in [-0.1, -0.05) is 0 Å². The number of ether oxygens (including phenoxy) is 3. The second-order valence-corrected chi connectivity index (χ2v) is 5.69. The molecule has 0 atom stereocenters. The molecule has 6 nitrogen and oxygen atoms in total. The zero-order chi connectivity index (χ0) is 17.4. The van der Waals surface area contributed by atoms with Gasteiger partial charge in [-0.15, -0.1) is 24.0 Å². The van der Waals surface area contributed by atoms with Crippen LogP contribution in [0.4, 0.5) is 0 Å². The minimum Gasteiger partial charge on any atom is -0.496 e. The summed E-state index contributed by atoms with van der Waals surface area (Å²) in [7, 11) is 4.96. The average molecular weight is 463 g/mol. The molecule has 0 bridgehead atoms. The molecule has 0 aromatic heterocycles. The fraction of sp³-hybridized carbons (Fsp3) is 0.611. The van der Waals surface area contributed by atoms with E-state index < -0.39 is 0 Å². The van der Waals surface area contributed by atoms with Crippen LogP contribution in [0.5, 0.6) is 17.2 Å². The van der Waals surface area contributed by atoms with Crippen molar-refractivity contribution >= 4 is 29.9 Å². The summed E-state index contributed by atoms with van der Waals surface area (Å²) < 4.78 is 16.3. The lowest BCUT2D eigenvalue weighted by Gasteiger charge is -2.21. The summed E-state index contributed by atoms with van der Waals surface area (Å²) in [5, 5.41) is 3.38. The Balaban J connectivity index is 0.00000312. The summed E-state index contributed by atoms with van der Waals surface area (Å²) in [6, 6.07) is 3.76. The Hall–Kier alpha value is -1.38. The fourth-order valence-electron chi connectivity index (χ4n) is 2.95. The highest BCUT2D eigenvalue weighted by Gasteiger charge is 2.16. The Labute approximate surface area is 167 Å². The number of nitrogens with one attached hydrogen (secondary N) is 1. The summed E-state index contributed by atoms with van der Waals surface area (Å²) in [4.78, 5) is 7.10. The second-order valence-electron chi connectivity index (χ2n) is 5.69. The average Bonchev–Trinajstić information content (AvgIpc) is 3.15. The van der Waals surface area contributed by atoms with Crippen LogP contribution >= 0.6 is 24.0 Å². The SMILES string of the molecule is CCNC(=NCCc1c(OC)cc(OC)cc1OC)N1CCCC1.I. The number of guanidine groups is 1. The van der Waals surface area contributed by atoms with Crippen molar-refractivity contribution in [1.82, 2.24) is 10.2 Å². The van der Waals surface area contributed by atoms with E-state index in [1.54, 1.807) is 21.3 Å². The molecule has 1 saturated heterocycles. The van der Waals surface area contributed by atoms with Crippen molar-refractivity contribution in [2.45, 2.75) is 26.2 Å². The van der Waals surface area contributed by atoms with Crippen molar-refractivity contribution < 1.29 is 14.2 Å². The highest BCUT2D eigenvalue weighted by atomic mass is 127. The Morgan fingerprint density at radius 2 is 1.68 bits per heavy atom. The minimum absolute atomic E-state index is 0. The number of hydrogen-bond acceptors (Lipinski definition) is 4. The molecule has 1 fully saturated rings. The largest absolute Gasteiger partial charge is 0.496 e. The molecule has 25 heavy (non-hydrogen) atoms. The summed E-state index contributed by atoms with van der Waals surface area (Å²) in [6.45, 7) is 5.82. The van der Waals surface area contributed by atoms with E-state index in [9.17, 15) is 0 Å². The summed E-state index contributed by atoms with van der Waals surface area (Å²) in [5.41, 5.74) is 1.02. The number of halogens is 1. The molecule has 0 aliphatic carbocycles. The number of aliphatic imine (C=N–C) groups is 1. The van der Waals surface area contributed by atoms with Crippen LogP contribution in [-0.4, -0.2) is 58.4 Å². The summed E-state index contributed by atoms with van der Waals surface area (Å²) in [6.07, 6.45) is 3.23. The minimum atomic E-state index is 0. The topological polar surface area (TPSA) is 55.3 Å². The second kappa shape index (κ2) is 11.3. The van der Waals surface area contributed by atoms with Crippen LogP contribution in [0.15, 0.2) is 17.1 Å². The Morgan fingerprint density at radius 3 is 2.16 bits per heavy atom. The van der Waals surface area contributed by atoms with Crippen LogP contribution in [0.1, 0.15) is 25.3 Å². The molecule has 1 aliphatic rings. The molecule has 1 heterocycles. The van der Waals surface area contributed by atoms with E-state index in [4.69, 9.17) is 19.2 Å². The number of methoxy groups -OCH3 is 3. The number of nitrogens with zero attached hydrogens (tertiary/aromatic N) is 2. The van der Waals surface area contributed by atoms with Crippen LogP contribution in [0, 0.1) is 0 Å². The monoisotopic (exact) mass is 463 g/mol. The maximum atomic E-state index is 5.50. The lowest BCUT2D eigenvalue weighted by atomic mass is 10.1. The molecule has 1 N–H and O–H groups in total. The Bertz CT molecular complexity index is 535. The van der Waals surface area contributed by atoms with Gasteiger partial charge < -0.3 is 24.4 Å². The third-order valence-electron chi connectivity index (χ3n) is 4.18. The van der Waals surface area contributed by atoms with Crippen LogP contribution in [0.25, 0.3) is 0 Å². The quantitative estimate of drug-likeness (QED) is 0.383. The molecule has 0 radical (unpaired) electrons. The normalized spacial score (nSPS) is 14.1. The smallest absolute Gasteiger partial charge is 0.193 e. The van der Waals surface area contributed by atoms with Crippen LogP contribution in [-0.2, 0) is 6.42 Å². The lowest BCUT2D eigenvalue weighted by molar-refractivity contribution is 0.369. The van der Waals surface area contributed by atoms with Gasteiger partial charge >= 0.3 is 0 Å². The summed E-state index contributed by atoms with van der Waals surface area (Å²) in [5.74, 6) is 3.27. The molecule has 1 aliphatic heterocycles. The molecule has 0 saturated carbocycles. The number of hydrogen-bond donors (Lipinski definition) is 1. The van der Waals surface area contributed by atoms with Crippen LogP contribution < -0.4 is 19.5 Å². The van der Waals surface area contributed by atoms with Crippen molar-refractivity contribution in [2.24, 2.45) is 4.99 Å². The number of rotatable bonds is 7. The molecule has 7 heteroatoms. The van der Waals surface area contributed by atoms with Gasteiger partial charge in [0.15, 0.2) is 5.96 Å². The molecule has 2 rings (SSSR count). The van der Waals surface area contributed by atoms with Gasteiger partial charge in [-0.25, -0.2) is 0 Å². The van der Waals surface area contributed by atoms with Gasteiger partial charge in [0.1, 0.15) is 17.2 Å². The van der Waals surface area contributed by atoms with Gasteiger partial charge in [-0.3, -0.25) is 4.99 Å². The van der Waals surface area contributed by atoms with E-state index >= 15 is 0 Å². The predicted molar refractivity (Wildman–Crippen MR) is 112 cm³/mol. The third-order valence-corrected chi connectivity index (χ3v) is 4.18. The highest BCUT2D eigenvalue weighted by molar-refractivity contribution is 14.0. The number of benzene rings is 1. The molecule has 1 aromatic carbocycles. The molecule has 0 unspecified atom stereocenters. The highest BCUT2D eigenvalue weighted by Crippen LogP contribution is 2.34. The first-order chi connectivity index (χ1) is 11.7. The third kappa shape index (κ3) is 5.83. The first-order valence-corrected chi connectivity index (χ1v) is 8.55. The van der Waals surface area contributed by atoms with Gasteiger partial charge in [-0.05, 0) is 26.2 Å². The standard InChI is InChI=1S/C18H29N3O3.HI/c1-5-19-18(21-10-6-7-11-21)20-9-8-15-16(23-3)12-14(22-2)13-17(15)24-4;/h12-13H,5-11H2,1-4H3,(H,19,20);1H. The van der Waals surface area contributed by atoms with Gasteiger partial charge in [-0.2, -0.15) is 0 Å². The molecular formula is C18H30IN3O3. The van der Waals surface area contributed by atoms with E-state index in [2.05, 4.69) is 17.1 Å². The maximum absolute atomic E-state index is 5.50. The van der Waals surface area contributed by atoms with Crippen molar-refractivity contribution in [2.75, 3.05) is 47.5 Å². The van der Waals surface area contributed by atoms with Crippen molar-refractivity contribution in [3.05, 3.63) is 17.7 Å². The Kier molecular flexibility index (Phi) is 9.77. The lowest BCUT2D eigenvalue weighted by Crippen LogP contribution is -2.39. The van der Waals surface area contributed by atoms with Crippen LogP contribution in [0.3, 0.4) is 0 Å². The zero-order valence-electron chi connectivity index (χ0n) is 15.6. The number of likely N-dealkylation sites (tertiary alicyclic amines) is 1. The van der Waals surface area contributed by atoms with Crippen molar-refractivity contribution in [3.8, 4) is 17.2 Å². The van der Waals surface area contributed by atoms with Gasteiger partial charge in [0.25, 0.3) is 0 Å². The van der Waals surface area contributed by atoms with E-state index in [0.717, 1.165) is 54.8 Å². The van der Waals surface area contributed by atoms with Gasteiger partial charge in [0.05, 0.1) is 21.3 Å². The predicted octanol–water partition coefficient (Wildman–Crippen LogP) is 2.93. The molecule has 0 spiro atoms. The van der Waals surface area contributed by atoms with Crippen molar-refractivity contribution in [1.29, 1.82) is 0 Å². The molecule has 0 amide bonds. The van der Waals surface area contributed by atoms with E-state index in [1.807, 2.05) is 12.1 Å². The zero-order valence-corrected chi connectivity index (χ0v) is 18.0. The van der Waals surface area contributed by atoms with Crippen LogP contribution in [0.2, 0.25) is 0 Å². The maximum Gasteiger partial charge on any atom is 0.193 e. The molecule has 142 valence electrons. The first-order valence-electron chi connectivity index (χ1n) is 8.55. The van der Waals surface area contributed by atoms with E-state index in [0.29, 0.717) is 6.54 Å². The van der Waals surface area contributed by atoms with Crippen molar-refractivity contribution in [3.63, 3.8) is 0 Å². The molecule has 1 aromatic rings. The Morgan fingerprint density at radius 1 is 1.08 bits per heavy atom. The fourth-order valence-corrected chi connectivity index (χ4v) is 2.95. The van der Waals surface area contributed by atoms with E-state index in [1.165, 1.54) is 12.8 Å². The van der Waals surface area contributed by atoms with Gasteiger partial charge in [0, 0.05) is 43.9 Å². The first kappa shape index (κ1) is 21.7. The summed E-state index contributed by atoms with van der Waals surface area (Å²) >= 11 is 0. The molecular weight excluding hydrogens is 433 g/mol.